The summed E-state index contributed by atoms with van der Waals surface area (Å²) in [6.07, 6.45) is 2.87. The maximum absolute atomic E-state index is 12.2. The summed E-state index contributed by atoms with van der Waals surface area (Å²) in [7, 11) is -3.29. The van der Waals surface area contributed by atoms with Gasteiger partial charge in [-0.2, -0.15) is 4.31 Å². The molecule has 1 heterocycles. The summed E-state index contributed by atoms with van der Waals surface area (Å²) in [5.74, 6) is -0.0227. The number of hydrogen-bond acceptors (Lipinski definition) is 4. The molecule has 1 atom stereocenters. The van der Waals surface area contributed by atoms with Gasteiger partial charge in [-0.05, 0) is 25.8 Å². The molecule has 1 amide bonds. The van der Waals surface area contributed by atoms with Crippen molar-refractivity contribution in [2.24, 2.45) is 0 Å². The molecule has 0 aromatic rings. The molecular weight excluding hydrogens is 314 g/mol. The predicted octanol–water partition coefficient (Wildman–Crippen LogP) is 0.728. The van der Waals surface area contributed by atoms with Gasteiger partial charge in [0.25, 0.3) is 0 Å². The fourth-order valence-electron chi connectivity index (χ4n) is 2.35. The zero-order valence-electron chi connectivity index (χ0n) is 12.9. The Balaban J connectivity index is 0.00000400. The molecule has 21 heavy (non-hydrogen) atoms. The Kier molecular flexibility index (Phi) is 10.2. The highest BCUT2D eigenvalue weighted by Gasteiger charge is 2.37. The Morgan fingerprint density at radius 3 is 2.62 bits per heavy atom. The highest BCUT2D eigenvalue weighted by molar-refractivity contribution is 7.89. The van der Waals surface area contributed by atoms with Crippen molar-refractivity contribution in [2.45, 2.75) is 45.6 Å². The van der Waals surface area contributed by atoms with E-state index in [0.717, 1.165) is 19.4 Å². The van der Waals surface area contributed by atoms with Crippen LogP contribution in [0, 0.1) is 0 Å². The molecule has 0 radical (unpaired) electrons. The average molecular weight is 342 g/mol. The maximum atomic E-state index is 12.2. The summed E-state index contributed by atoms with van der Waals surface area (Å²) in [6, 6.07) is -0.515. The summed E-state index contributed by atoms with van der Waals surface area (Å²) >= 11 is 0. The smallest absolute Gasteiger partial charge is 0.238 e. The van der Waals surface area contributed by atoms with Gasteiger partial charge in [0.15, 0.2) is 0 Å². The van der Waals surface area contributed by atoms with E-state index in [0.29, 0.717) is 32.5 Å². The molecule has 1 rings (SSSR count). The lowest BCUT2D eigenvalue weighted by molar-refractivity contribution is -0.124. The molecule has 1 unspecified atom stereocenters. The molecular formula is C13H28ClN3O3S. The van der Waals surface area contributed by atoms with E-state index >= 15 is 0 Å². The number of nitrogens with zero attached hydrogens (tertiary/aromatic N) is 1. The topological polar surface area (TPSA) is 78.5 Å². The third-order valence-corrected chi connectivity index (χ3v) is 5.43. The quantitative estimate of drug-likeness (QED) is 0.606. The third kappa shape index (κ3) is 6.50. The number of carbonyl (C=O) groups is 1. The van der Waals surface area contributed by atoms with Gasteiger partial charge in [0, 0.05) is 19.6 Å². The summed E-state index contributed by atoms with van der Waals surface area (Å²) in [5.41, 5.74) is 0. The molecule has 0 bridgehead atoms. The van der Waals surface area contributed by atoms with Crippen molar-refractivity contribution in [3.63, 3.8) is 0 Å². The SMILES string of the molecule is CCCCS(=O)(=O)N1CCCC1C(=O)NCCNCC.Cl. The first-order valence-corrected chi connectivity index (χ1v) is 9.11. The van der Waals surface area contributed by atoms with Crippen LogP contribution in [0.15, 0.2) is 0 Å². The van der Waals surface area contributed by atoms with Gasteiger partial charge in [0.2, 0.25) is 15.9 Å². The van der Waals surface area contributed by atoms with Crippen molar-refractivity contribution in [1.82, 2.24) is 14.9 Å². The van der Waals surface area contributed by atoms with Crippen LogP contribution in [0.4, 0.5) is 0 Å². The molecule has 8 heteroatoms. The van der Waals surface area contributed by atoms with Crippen molar-refractivity contribution >= 4 is 28.3 Å². The van der Waals surface area contributed by atoms with Crippen molar-refractivity contribution in [2.75, 3.05) is 31.9 Å². The minimum absolute atomic E-state index is 0. The van der Waals surface area contributed by atoms with Crippen LogP contribution in [-0.4, -0.2) is 56.6 Å². The van der Waals surface area contributed by atoms with E-state index in [2.05, 4.69) is 10.6 Å². The standard InChI is InChI=1S/C13H27N3O3S.ClH/c1-3-5-11-20(18,19)16-10-6-7-12(16)13(17)15-9-8-14-4-2;/h12,14H,3-11H2,1-2H3,(H,15,17);1H. The second kappa shape index (κ2) is 10.4. The van der Waals surface area contributed by atoms with E-state index in [4.69, 9.17) is 0 Å². The van der Waals surface area contributed by atoms with E-state index in [1.54, 1.807) is 0 Å². The molecule has 0 aromatic heterocycles. The Morgan fingerprint density at radius 2 is 2.00 bits per heavy atom. The van der Waals surface area contributed by atoms with E-state index < -0.39 is 16.1 Å². The zero-order chi connectivity index (χ0) is 15.0. The van der Waals surface area contributed by atoms with Gasteiger partial charge in [0.1, 0.15) is 6.04 Å². The Bertz CT molecular complexity index is 403. The van der Waals surface area contributed by atoms with Crippen LogP contribution in [-0.2, 0) is 14.8 Å². The van der Waals surface area contributed by atoms with Gasteiger partial charge in [-0.3, -0.25) is 4.79 Å². The lowest BCUT2D eigenvalue weighted by atomic mass is 10.2. The molecule has 2 N–H and O–H groups in total. The maximum Gasteiger partial charge on any atom is 0.238 e. The number of hydrogen-bond donors (Lipinski definition) is 2. The highest BCUT2D eigenvalue weighted by atomic mass is 35.5. The van der Waals surface area contributed by atoms with Crippen LogP contribution in [0.5, 0.6) is 0 Å². The van der Waals surface area contributed by atoms with Gasteiger partial charge < -0.3 is 10.6 Å². The van der Waals surface area contributed by atoms with Crippen LogP contribution in [0.25, 0.3) is 0 Å². The summed E-state index contributed by atoms with van der Waals surface area (Å²) < 4.78 is 25.8. The summed E-state index contributed by atoms with van der Waals surface area (Å²) in [5, 5.41) is 5.93. The lowest BCUT2D eigenvalue weighted by Gasteiger charge is -2.23. The molecule has 126 valence electrons. The van der Waals surface area contributed by atoms with Crippen molar-refractivity contribution in [3.8, 4) is 0 Å². The van der Waals surface area contributed by atoms with Gasteiger partial charge in [0.05, 0.1) is 5.75 Å². The number of nitrogens with one attached hydrogen (secondary N) is 2. The van der Waals surface area contributed by atoms with Crippen molar-refractivity contribution < 1.29 is 13.2 Å². The minimum atomic E-state index is -3.29. The van der Waals surface area contributed by atoms with Crippen LogP contribution in [0.2, 0.25) is 0 Å². The first kappa shape index (κ1) is 20.6. The molecule has 0 saturated carbocycles. The number of likely N-dealkylation sites (N-methyl/N-ethyl adjacent to an activating group) is 1. The first-order chi connectivity index (χ1) is 9.53. The normalized spacial score (nSPS) is 19.2. The lowest BCUT2D eigenvalue weighted by Crippen LogP contribution is -2.47. The largest absolute Gasteiger partial charge is 0.353 e. The second-order valence-electron chi connectivity index (χ2n) is 5.08. The number of sulfonamides is 1. The number of unbranched alkanes of at least 4 members (excludes halogenated alkanes) is 1. The molecule has 1 saturated heterocycles. The van der Waals surface area contributed by atoms with Crippen molar-refractivity contribution in [3.05, 3.63) is 0 Å². The van der Waals surface area contributed by atoms with Gasteiger partial charge in [-0.25, -0.2) is 8.42 Å². The predicted molar refractivity (Wildman–Crippen MR) is 87.2 cm³/mol. The third-order valence-electron chi connectivity index (χ3n) is 3.47. The van der Waals surface area contributed by atoms with Crippen LogP contribution in [0.1, 0.15) is 39.5 Å². The summed E-state index contributed by atoms with van der Waals surface area (Å²) in [4.78, 5) is 12.1. The number of rotatable bonds is 9. The fourth-order valence-corrected chi connectivity index (χ4v) is 4.23. The van der Waals surface area contributed by atoms with Gasteiger partial charge in [-0.1, -0.05) is 20.3 Å². The summed E-state index contributed by atoms with van der Waals surface area (Å²) in [6.45, 7) is 6.53. The van der Waals surface area contributed by atoms with Gasteiger partial charge in [-0.15, -0.1) is 12.4 Å². The molecule has 6 nitrogen and oxygen atoms in total. The number of carbonyl (C=O) groups excluding carboxylic acids is 1. The van der Waals surface area contributed by atoms with E-state index in [-0.39, 0.29) is 24.1 Å². The van der Waals surface area contributed by atoms with Gasteiger partial charge >= 0.3 is 0 Å². The molecule has 0 aliphatic carbocycles. The Morgan fingerprint density at radius 1 is 1.29 bits per heavy atom. The molecule has 1 aliphatic heterocycles. The van der Waals surface area contributed by atoms with E-state index in [1.165, 1.54) is 4.31 Å². The molecule has 1 fully saturated rings. The Labute approximate surface area is 134 Å². The molecule has 0 aromatic carbocycles. The zero-order valence-corrected chi connectivity index (χ0v) is 14.6. The van der Waals surface area contributed by atoms with Crippen LogP contribution in [0.3, 0.4) is 0 Å². The van der Waals surface area contributed by atoms with E-state index in [9.17, 15) is 13.2 Å². The van der Waals surface area contributed by atoms with Crippen LogP contribution < -0.4 is 10.6 Å². The minimum Gasteiger partial charge on any atom is -0.353 e. The van der Waals surface area contributed by atoms with Crippen molar-refractivity contribution in [1.29, 1.82) is 0 Å². The van der Waals surface area contributed by atoms with E-state index in [1.807, 2.05) is 13.8 Å². The fraction of sp³-hybridized carbons (Fsp3) is 0.923. The Hall–Kier alpha value is -0.370. The number of amides is 1. The molecule has 0 spiro atoms. The average Bonchev–Trinajstić information content (AvgIpc) is 2.91. The second-order valence-corrected chi connectivity index (χ2v) is 7.12. The van der Waals surface area contributed by atoms with Crippen LogP contribution >= 0.6 is 12.4 Å². The monoisotopic (exact) mass is 341 g/mol. The highest BCUT2D eigenvalue weighted by Crippen LogP contribution is 2.22. The molecule has 1 aliphatic rings. The first-order valence-electron chi connectivity index (χ1n) is 7.50. The number of halogens is 1.